The molecule has 0 amide bonds. The van der Waals surface area contributed by atoms with E-state index in [9.17, 15) is 4.79 Å². The molecule has 4 aromatic rings. The van der Waals surface area contributed by atoms with Crippen LogP contribution in [0.3, 0.4) is 0 Å². The molecule has 0 unspecified atom stereocenters. The van der Waals surface area contributed by atoms with Gasteiger partial charge in [-0.25, -0.2) is 14.5 Å². The van der Waals surface area contributed by atoms with Crippen LogP contribution in [0.4, 0.5) is 0 Å². The second kappa shape index (κ2) is 11.5. The van der Waals surface area contributed by atoms with Gasteiger partial charge in [-0.2, -0.15) is 5.10 Å². The zero-order valence-corrected chi connectivity index (χ0v) is 18.7. The summed E-state index contributed by atoms with van der Waals surface area (Å²) in [6.45, 7) is 4.66. The fourth-order valence-electron chi connectivity index (χ4n) is 3.03. The first-order valence-electron chi connectivity index (χ1n) is 10.6. The SMILES string of the molecule is CCCCn1nc(/C=C/c2ccc(-n3cnc(C)c3)c(OC)c2)[nH]c1=O.c1ccccc1. The average Bonchev–Trinajstić information content (AvgIpc) is 3.42. The second-order valence-electron chi connectivity index (χ2n) is 7.23. The van der Waals surface area contributed by atoms with Crippen molar-refractivity contribution in [1.29, 1.82) is 0 Å². The number of methoxy groups -OCH3 is 1. The molecule has 7 nitrogen and oxygen atoms in total. The monoisotopic (exact) mass is 431 g/mol. The number of unbranched alkanes of at least 4 members (excludes halogenated alkanes) is 1. The van der Waals surface area contributed by atoms with Crippen molar-refractivity contribution in [2.75, 3.05) is 7.11 Å². The molecule has 0 saturated heterocycles. The van der Waals surface area contributed by atoms with E-state index in [1.54, 1.807) is 19.5 Å². The molecule has 4 rings (SSSR count). The molecule has 0 fully saturated rings. The van der Waals surface area contributed by atoms with E-state index in [1.165, 1.54) is 4.68 Å². The Kier molecular flexibility index (Phi) is 8.20. The molecule has 2 aromatic heterocycles. The van der Waals surface area contributed by atoms with Gasteiger partial charge in [0.25, 0.3) is 0 Å². The molecular weight excluding hydrogens is 402 g/mol. The number of hydrogen-bond donors (Lipinski definition) is 1. The minimum Gasteiger partial charge on any atom is -0.495 e. The molecule has 0 spiro atoms. The Morgan fingerprint density at radius 2 is 1.81 bits per heavy atom. The Morgan fingerprint density at radius 1 is 1.09 bits per heavy atom. The summed E-state index contributed by atoms with van der Waals surface area (Å²) in [6, 6.07) is 17.9. The number of H-pyrrole nitrogens is 1. The third-order valence-electron chi connectivity index (χ3n) is 4.72. The molecule has 0 aliphatic rings. The smallest absolute Gasteiger partial charge is 0.343 e. The topological polar surface area (TPSA) is 77.7 Å². The lowest BCUT2D eigenvalue weighted by Gasteiger charge is -2.09. The number of aromatic nitrogens is 5. The lowest BCUT2D eigenvalue weighted by Crippen LogP contribution is -2.17. The van der Waals surface area contributed by atoms with Gasteiger partial charge in [0.1, 0.15) is 5.75 Å². The number of nitrogens with zero attached hydrogens (tertiary/aromatic N) is 4. The summed E-state index contributed by atoms with van der Waals surface area (Å²) in [5.41, 5.74) is 2.63. The van der Waals surface area contributed by atoms with Crippen LogP contribution in [-0.4, -0.2) is 31.4 Å². The molecule has 2 aromatic carbocycles. The largest absolute Gasteiger partial charge is 0.495 e. The highest BCUT2D eigenvalue weighted by Gasteiger charge is 2.07. The molecule has 0 atom stereocenters. The van der Waals surface area contributed by atoms with Gasteiger partial charge in [-0.05, 0) is 37.1 Å². The molecule has 1 N–H and O–H groups in total. The van der Waals surface area contributed by atoms with E-state index in [4.69, 9.17) is 4.74 Å². The number of hydrogen-bond acceptors (Lipinski definition) is 4. The molecule has 0 bridgehead atoms. The molecule has 32 heavy (non-hydrogen) atoms. The summed E-state index contributed by atoms with van der Waals surface area (Å²) in [7, 11) is 1.64. The van der Waals surface area contributed by atoms with Gasteiger partial charge in [0.2, 0.25) is 0 Å². The van der Waals surface area contributed by atoms with Crippen LogP contribution in [0.5, 0.6) is 5.75 Å². The Morgan fingerprint density at radius 3 is 2.41 bits per heavy atom. The number of rotatable bonds is 7. The average molecular weight is 432 g/mol. The van der Waals surface area contributed by atoms with Crippen molar-refractivity contribution in [2.45, 2.75) is 33.2 Å². The maximum atomic E-state index is 11.8. The summed E-state index contributed by atoms with van der Waals surface area (Å²) in [4.78, 5) is 18.8. The van der Waals surface area contributed by atoms with Crippen molar-refractivity contribution in [3.63, 3.8) is 0 Å². The van der Waals surface area contributed by atoms with Crippen molar-refractivity contribution in [2.24, 2.45) is 0 Å². The highest BCUT2D eigenvalue weighted by molar-refractivity contribution is 5.68. The minimum atomic E-state index is -0.179. The molecule has 0 saturated carbocycles. The lowest BCUT2D eigenvalue weighted by atomic mass is 10.1. The Bertz CT molecular complexity index is 1160. The molecule has 2 heterocycles. The van der Waals surface area contributed by atoms with E-state index < -0.39 is 0 Å². The second-order valence-corrected chi connectivity index (χ2v) is 7.23. The zero-order valence-electron chi connectivity index (χ0n) is 18.7. The van der Waals surface area contributed by atoms with Gasteiger partial charge in [0, 0.05) is 12.7 Å². The first-order chi connectivity index (χ1) is 15.6. The van der Waals surface area contributed by atoms with Crippen LogP contribution < -0.4 is 10.4 Å². The summed E-state index contributed by atoms with van der Waals surface area (Å²) in [6.07, 6.45) is 9.35. The van der Waals surface area contributed by atoms with Crippen LogP contribution in [0, 0.1) is 6.92 Å². The maximum Gasteiger partial charge on any atom is 0.343 e. The highest BCUT2D eigenvalue weighted by Crippen LogP contribution is 2.25. The van der Waals surface area contributed by atoms with Gasteiger partial charge >= 0.3 is 5.69 Å². The minimum absolute atomic E-state index is 0.179. The van der Waals surface area contributed by atoms with E-state index in [0.717, 1.165) is 35.5 Å². The number of benzene rings is 2. The van der Waals surface area contributed by atoms with Crippen LogP contribution in [-0.2, 0) is 6.54 Å². The summed E-state index contributed by atoms with van der Waals surface area (Å²) < 4.78 is 8.90. The number of imidazole rings is 1. The van der Waals surface area contributed by atoms with Gasteiger partial charge in [0.15, 0.2) is 5.82 Å². The van der Waals surface area contributed by atoms with Crippen molar-refractivity contribution >= 4 is 12.2 Å². The van der Waals surface area contributed by atoms with Crippen molar-refractivity contribution in [1.82, 2.24) is 24.3 Å². The highest BCUT2D eigenvalue weighted by atomic mass is 16.5. The van der Waals surface area contributed by atoms with E-state index in [1.807, 2.05) is 78.4 Å². The molecule has 0 aliphatic heterocycles. The van der Waals surface area contributed by atoms with E-state index in [0.29, 0.717) is 12.4 Å². The van der Waals surface area contributed by atoms with Crippen LogP contribution in [0.1, 0.15) is 36.8 Å². The standard InChI is InChI=1S/C19H23N5O2.C6H6/c1-4-5-10-24-19(25)21-18(22-24)9-7-15-6-8-16(17(11-15)26-3)23-12-14(2)20-13-23;1-2-4-6-5-3-1/h6-9,11-13H,4-5,10H2,1-3H3,(H,21,22,25);1-6H/b9-7+;. The van der Waals surface area contributed by atoms with Gasteiger partial charge in [-0.15, -0.1) is 0 Å². The number of aryl methyl sites for hydroxylation is 2. The molecule has 166 valence electrons. The predicted molar refractivity (Wildman–Crippen MR) is 128 cm³/mol. The van der Waals surface area contributed by atoms with Crippen LogP contribution in [0.2, 0.25) is 0 Å². The fraction of sp³-hybridized carbons (Fsp3) is 0.240. The number of ether oxygens (including phenoxy) is 1. The maximum absolute atomic E-state index is 11.8. The van der Waals surface area contributed by atoms with Gasteiger partial charge in [0.05, 0.1) is 24.8 Å². The van der Waals surface area contributed by atoms with E-state index >= 15 is 0 Å². The van der Waals surface area contributed by atoms with Crippen LogP contribution in [0.15, 0.2) is 71.9 Å². The molecular formula is C25H29N5O2. The summed E-state index contributed by atoms with van der Waals surface area (Å²) in [5, 5.41) is 4.29. The summed E-state index contributed by atoms with van der Waals surface area (Å²) >= 11 is 0. The Hall–Kier alpha value is -3.87. The third-order valence-corrected chi connectivity index (χ3v) is 4.72. The van der Waals surface area contributed by atoms with Crippen LogP contribution in [0.25, 0.3) is 17.8 Å². The van der Waals surface area contributed by atoms with E-state index in [-0.39, 0.29) is 5.69 Å². The lowest BCUT2D eigenvalue weighted by molar-refractivity contribution is 0.413. The normalized spacial score (nSPS) is 10.7. The zero-order chi connectivity index (χ0) is 22.8. The van der Waals surface area contributed by atoms with Crippen molar-refractivity contribution in [3.05, 3.63) is 94.7 Å². The number of nitrogens with one attached hydrogen (secondary N) is 1. The predicted octanol–water partition coefficient (Wildman–Crippen LogP) is 4.73. The quantitative estimate of drug-likeness (QED) is 0.459. The Labute approximate surface area is 188 Å². The van der Waals surface area contributed by atoms with Crippen molar-refractivity contribution < 1.29 is 4.74 Å². The number of aromatic amines is 1. The molecule has 0 radical (unpaired) electrons. The molecule has 0 aliphatic carbocycles. The van der Waals surface area contributed by atoms with E-state index in [2.05, 4.69) is 22.0 Å². The van der Waals surface area contributed by atoms with Gasteiger partial charge in [-0.1, -0.05) is 61.9 Å². The van der Waals surface area contributed by atoms with Crippen LogP contribution >= 0.6 is 0 Å². The summed E-state index contributed by atoms with van der Waals surface area (Å²) in [5.74, 6) is 1.28. The first-order valence-corrected chi connectivity index (χ1v) is 10.6. The fourth-order valence-corrected chi connectivity index (χ4v) is 3.03. The van der Waals surface area contributed by atoms with Gasteiger partial charge in [-0.3, -0.25) is 4.98 Å². The Balaban J connectivity index is 0.000000416. The molecule has 7 heteroatoms. The third kappa shape index (κ3) is 6.31. The van der Waals surface area contributed by atoms with Gasteiger partial charge < -0.3 is 9.30 Å². The van der Waals surface area contributed by atoms with Crippen molar-refractivity contribution in [3.8, 4) is 11.4 Å². The first kappa shape index (κ1) is 22.8.